The van der Waals surface area contributed by atoms with Crippen LogP contribution in [0.1, 0.15) is 58.3 Å². The molecule has 0 amide bonds. The molecule has 0 unspecified atom stereocenters. The molecule has 0 saturated heterocycles. The maximum atomic E-state index is 11.8. The average molecular weight is 329 g/mol. The molecule has 0 aliphatic rings. The van der Waals surface area contributed by atoms with E-state index >= 15 is 0 Å². The lowest BCUT2D eigenvalue weighted by Crippen LogP contribution is -2.20. The van der Waals surface area contributed by atoms with E-state index in [0.29, 0.717) is 10.2 Å². The lowest BCUT2D eigenvalue weighted by atomic mass is 10.1. The Balaban J connectivity index is 2.21. The quantitative estimate of drug-likeness (QED) is 0.685. The molecular formula is C15H25BrN2O. The number of halogens is 1. The summed E-state index contributed by atoms with van der Waals surface area (Å²) >= 11 is 3.24. The fourth-order valence-corrected chi connectivity index (χ4v) is 2.70. The fraction of sp³-hybridized carbons (Fsp3) is 0.667. The molecule has 4 heteroatoms. The topological polar surface area (TPSA) is 48.0 Å². The van der Waals surface area contributed by atoms with Gasteiger partial charge < -0.3 is 10.3 Å². The van der Waals surface area contributed by atoms with Crippen LogP contribution in [0.3, 0.4) is 0 Å². The smallest absolute Gasteiger partial charge is 0.264 e. The number of hydrogen-bond donors (Lipinski definition) is 1. The monoisotopic (exact) mass is 328 g/mol. The summed E-state index contributed by atoms with van der Waals surface area (Å²) in [5, 5.41) is 0. The van der Waals surface area contributed by atoms with Gasteiger partial charge in [0.2, 0.25) is 0 Å². The molecule has 0 atom stereocenters. The van der Waals surface area contributed by atoms with Gasteiger partial charge >= 0.3 is 0 Å². The number of nitrogens with zero attached hydrogens (tertiary/aromatic N) is 1. The van der Waals surface area contributed by atoms with Crippen molar-refractivity contribution < 1.29 is 0 Å². The predicted molar refractivity (Wildman–Crippen MR) is 85.4 cm³/mol. The van der Waals surface area contributed by atoms with Crippen molar-refractivity contribution in [2.24, 2.45) is 0 Å². The summed E-state index contributed by atoms with van der Waals surface area (Å²) in [7, 11) is 0. The van der Waals surface area contributed by atoms with E-state index < -0.39 is 0 Å². The number of unbranched alkanes of at least 4 members (excludes halogenated alkanes) is 7. The molecule has 0 aromatic carbocycles. The highest BCUT2D eigenvalue weighted by atomic mass is 79.9. The third kappa shape index (κ3) is 6.28. The molecule has 0 radical (unpaired) electrons. The standard InChI is InChI=1S/C15H25BrN2O/c1-2-3-4-5-6-7-8-9-10-18-12-13(17)11-14(16)15(18)19/h11-12H,2-10,17H2,1H3. The van der Waals surface area contributed by atoms with E-state index in [2.05, 4.69) is 22.9 Å². The molecular weight excluding hydrogens is 304 g/mol. The third-order valence-electron chi connectivity index (χ3n) is 3.32. The van der Waals surface area contributed by atoms with Gasteiger partial charge in [0.1, 0.15) is 0 Å². The second-order valence-corrected chi connectivity index (χ2v) is 5.95. The van der Waals surface area contributed by atoms with Crippen molar-refractivity contribution in [3.8, 4) is 0 Å². The van der Waals surface area contributed by atoms with Gasteiger partial charge in [-0.3, -0.25) is 4.79 Å². The predicted octanol–water partition coefficient (Wildman–Crippen LogP) is 4.33. The van der Waals surface area contributed by atoms with Gasteiger partial charge in [-0.2, -0.15) is 0 Å². The summed E-state index contributed by atoms with van der Waals surface area (Å²) in [5.74, 6) is 0. The second-order valence-electron chi connectivity index (χ2n) is 5.09. The highest BCUT2D eigenvalue weighted by Gasteiger charge is 2.02. The normalized spacial score (nSPS) is 10.8. The molecule has 0 fully saturated rings. The van der Waals surface area contributed by atoms with Crippen molar-refractivity contribution in [1.82, 2.24) is 4.57 Å². The van der Waals surface area contributed by atoms with Gasteiger partial charge in [-0.05, 0) is 28.4 Å². The van der Waals surface area contributed by atoms with Crippen molar-refractivity contribution in [1.29, 1.82) is 0 Å². The van der Waals surface area contributed by atoms with Gasteiger partial charge in [-0.25, -0.2) is 0 Å². The van der Waals surface area contributed by atoms with Gasteiger partial charge in [0.25, 0.3) is 5.56 Å². The van der Waals surface area contributed by atoms with E-state index in [9.17, 15) is 4.79 Å². The zero-order valence-electron chi connectivity index (χ0n) is 11.8. The third-order valence-corrected chi connectivity index (χ3v) is 3.88. The second kappa shape index (κ2) is 9.18. The number of hydrogen-bond acceptors (Lipinski definition) is 2. The Morgan fingerprint density at radius 3 is 2.32 bits per heavy atom. The van der Waals surface area contributed by atoms with Crippen LogP contribution in [-0.2, 0) is 6.54 Å². The fourth-order valence-electron chi connectivity index (χ4n) is 2.20. The van der Waals surface area contributed by atoms with Gasteiger partial charge in [-0.1, -0.05) is 51.9 Å². The molecule has 1 aromatic heterocycles. The van der Waals surface area contributed by atoms with Crippen LogP contribution in [0.4, 0.5) is 5.69 Å². The van der Waals surface area contributed by atoms with E-state index in [0.717, 1.165) is 13.0 Å². The van der Waals surface area contributed by atoms with Crippen molar-refractivity contribution in [3.63, 3.8) is 0 Å². The van der Waals surface area contributed by atoms with Crippen molar-refractivity contribution in [3.05, 3.63) is 27.1 Å². The number of pyridine rings is 1. The van der Waals surface area contributed by atoms with E-state index in [1.807, 2.05) is 0 Å². The number of rotatable bonds is 9. The number of aromatic nitrogens is 1. The molecule has 3 nitrogen and oxygen atoms in total. The van der Waals surface area contributed by atoms with Crippen molar-refractivity contribution >= 4 is 21.6 Å². The summed E-state index contributed by atoms with van der Waals surface area (Å²) in [6.45, 7) is 3.00. The molecule has 0 aliphatic carbocycles. The average Bonchev–Trinajstić information content (AvgIpc) is 2.38. The summed E-state index contributed by atoms with van der Waals surface area (Å²) in [4.78, 5) is 11.8. The number of nitrogens with two attached hydrogens (primary N) is 1. The first-order chi connectivity index (χ1) is 9.15. The molecule has 1 heterocycles. The maximum Gasteiger partial charge on any atom is 0.264 e. The Hall–Kier alpha value is -0.770. The molecule has 0 bridgehead atoms. The first kappa shape index (κ1) is 16.3. The molecule has 1 aromatic rings. The number of anilines is 1. The van der Waals surface area contributed by atoms with E-state index in [-0.39, 0.29) is 5.56 Å². The van der Waals surface area contributed by atoms with Crippen LogP contribution >= 0.6 is 15.9 Å². The SMILES string of the molecule is CCCCCCCCCCn1cc(N)cc(Br)c1=O. The Bertz CT molecular complexity index is 429. The van der Waals surface area contributed by atoms with Crippen LogP contribution in [0.15, 0.2) is 21.5 Å². The Morgan fingerprint density at radius 2 is 1.68 bits per heavy atom. The zero-order chi connectivity index (χ0) is 14.1. The van der Waals surface area contributed by atoms with Crippen molar-refractivity contribution in [2.45, 2.75) is 64.8 Å². The summed E-state index contributed by atoms with van der Waals surface area (Å²) < 4.78 is 2.25. The minimum atomic E-state index is 0.0112. The molecule has 2 N–H and O–H groups in total. The Morgan fingerprint density at radius 1 is 1.11 bits per heavy atom. The highest BCUT2D eigenvalue weighted by molar-refractivity contribution is 9.10. The van der Waals surface area contributed by atoms with E-state index in [1.165, 1.54) is 44.9 Å². The molecule has 0 saturated carbocycles. The molecule has 0 aliphatic heterocycles. The van der Waals surface area contributed by atoms with Crippen LogP contribution in [0.5, 0.6) is 0 Å². The van der Waals surface area contributed by atoms with Crippen LogP contribution < -0.4 is 11.3 Å². The zero-order valence-corrected chi connectivity index (χ0v) is 13.4. The maximum absolute atomic E-state index is 11.8. The van der Waals surface area contributed by atoms with Gasteiger partial charge in [0, 0.05) is 18.4 Å². The summed E-state index contributed by atoms with van der Waals surface area (Å²) in [6.07, 6.45) is 11.9. The highest BCUT2D eigenvalue weighted by Crippen LogP contribution is 2.11. The van der Waals surface area contributed by atoms with Gasteiger partial charge in [-0.15, -0.1) is 0 Å². The molecule has 0 spiro atoms. The number of nitrogen functional groups attached to an aromatic ring is 1. The lowest BCUT2D eigenvalue weighted by molar-refractivity contribution is 0.537. The summed E-state index contributed by atoms with van der Waals surface area (Å²) in [6, 6.07) is 1.66. The lowest BCUT2D eigenvalue weighted by Gasteiger charge is -2.07. The molecule has 1 rings (SSSR count). The Labute approximate surface area is 124 Å². The van der Waals surface area contributed by atoms with E-state index in [4.69, 9.17) is 5.73 Å². The minimum Gasteiger partial charge on any atom is -0.398 e. The van der Waals surface area contributed by atoms with Crippen LogP contribution in [0.25, 0.3) is 0 Å². The largest absolute Gasteiger partial charge is 0.398 e. The van der Waals surface area contributed by atoms with Crippen LogP contribution in [-0.4, -0.2) is 4.57 Å². The van der Waals surface area contributed by atoms with Gasteiger partial charge in [0.15, 0.2) is 0 Å². The van der Waals surface area contributed by atoms with Crippen LogP contribution in [0, 0.1) is 0 Å². The van der Waals surface area contributed by atoms with Crippen molar-refractivity contribution in [2.75, 3.05) is 5.73 Å². The first-order valence-electron chi connectivity index (χ1n) is 7.30. The molecule has 19 heavy (non-hydrogen) atoms. The minimum absolute atomic E-state index is 0.0112. The van der Waals surface area contributed by atoms with Gasteiger partial charge in [0.05, 0.1) is 4.47 Å². The Kier molecular flexibility index (Phi) is 7.87. The van der Waals surface area contributed by atoms with Crippen LogP contribution in [0.2, 0.25) is 0 Å². The first-order valence-corrected chi connectivity index (χ1v) is 8.10. The summed E-state index contributed by atoms with van der Waals surface area (Å²) in [5.41, 5.74) is 6.38. The number of aryl methyl sites for hydroxylation is 1. The molecule has 108 valence electrons. The van der Waals surface area contributed by atoms with E-state index in [1.54, 1.807) is 16.8 Å².